The summed E-state index contributed by atoms with van der Waals surface area (Å²) in [5.74, 6) is -2.70. The third kappa shape index (κ3) is 20.2. The van der Waals surface area contributed by atoms with Gasteiger partial charge in [0, 0.05) is 119 Å². The second kappa shape index (κ2) is 36.5. The fourth-order valence-electron chi connectivity index (χ4n) is 12.1. The summed E-state index contributed by atoms with van der Waals surface area (Å²) in [7, 11) is 12.0. The summed E-state index contributed by atoms with van der Waals surface area (Å²) in [4.78, 5) is 0. The van der Waals surface area contributed by atoms with Crippen molar-refractivity contribution in [2.24, 2.45) is 42.3 Å². The zero-order valence-electron chi connectivity index (χ0n) is 71.7. The molecular weight excluding hydrogens is 1190 g/mol. The molecule has 0 radical (unpaired) electrons. The lowest BCUT2D eigenvalue weighted by atomic mass is 9.94. The summed E-state index contributed by atoms with van der Waals surface area (Å²) in [5.41, 5.74) is 26.7. The van der Waals surface area contributed by atoms with Crippen LogP contribution in [0.1, 0.15) is 153 Å². The maximum absolute atomic E-state index is 8.40. The summed E-state index contributed by atoms with van der Waals surface area (Å²) >= 11 is 0. The Balaban J connectivity index is 0.000000181. The molecule has 6 heterocycles. The van der Waals surface area contributed by atoms with Crippen molar-refractivity contribution in [2.45, 2.75) is 134 Å². The van der Waals surface area contributed by atoms with Crippen molar-refractivity contribution in [3.63, 3.8) is 0 Å². The predicted octanol–water partition coefficient (Wildman–Crippen LogP) is 19.7. The van der Waals surface area contributed by atoms with Gasteiger partial charge in [-0.2, -0.15) is 0 Å². The molecule has 6 heteroatoms. The van der Waals surface area contributed by atoms with E-state index in [1.54, 1.807) is 25.1 Å². The molecule has 0 bridgehead atoms. The molecule has 2 unspecified atom stereocenters. The summed E-state index contributed by atoms with van der Waals surface area (Å²) in [6, 6.07) is 73.6. The minimum absolute atomic E-state index is 0.499. The third-order valence-corrected chi connectivity index (χ3v) is 17.8. The van der Waals surface area contributed by atoms with Crippen LogP contribution in [0.15, 0.2) is 256 Å². The highest BCUT2D eigenvalue weighted by atomic mass is 14.9. The Labute approximate surface area is 604 Å². The van der Waals surface area contributed by atoms with E-state index in [0.29, 0.717) is 17.0 Å². The first kappa shape index (κ1) is 61.8. The van der Waals surface area contributed by atoms with E-state index in [2.05, 4.69) is 218 Å². The number of hydrogen-bond donors (Lipinski definition) is 0. The largest absolute Gasteiger partial charge is 0.215 e. The summed E-state index contributed by atoms with van der Waals surface area (Å²) in [6.07, 6.45) is 11.6. The van der Waals surface area contributed by atoms with Gasteiger partial charge >= 0.3 is 0 Å². The average molecular weight is 1310 g/mol. The second-order valence-electron chi connectivity index (χ2n) is 25.8. The van der Waals surface area contributed by atoms with E-state index in [1.165, 1.54) is 81.0 Å². The van der Waals surface area contributed by atoms with Gasteiger partial charge in [-0.1, -0.05) is 152 Å². The molecule has 0 fully saturated rings. The number of rotatable bonds is 11. The molecule has 0 saturated heterocycles. The zero-order chi connectivity index (χ0) is 79.8. The Morgan fingerprint density at radius 3 is 1.21 bits per heavy atom. The van der Waals surface area contributed by atoms with E-state index in [4.69, 9.17) is 13.7 Å². The average Bonchev–Trinajstić information content (AvgIpc) is 0.769. The molecule has 0 amide bonds. The van der Waals surface area contributed by atoms with Crippen LogP contribution in [0.25, 0.3) is 67.5 Å². The van der Waals surface area contributed by atoms with Crippen LogP contribution < -0.4 is 27.4 Å². The number of benzene rings is 6. The van der Waals surface area contributed by atoms with Crippen LogP contribution in [0.3, 0.4) is 0 Å². The molecule has 2 atom stereocenters. The third-order valence-electron chi connectivity index (χ3n) is 17.8. The van der Waals surface area contributed by atoms with Gasteiger partial charge < -0.3 is 0 Å². The van der Waals surface area contributed by atoms with Gasteiger partial charge in [-0.25, -0.2) is 27.4 Å². The predicted molar refractivity (Wildman–Crippen MR) is 413 cm³/mol. The lowest BCUT2D eigenvalue weighted by Gasteiger charge is -2.11. The highest BCUT2D eigenvalue weighted by molar-refractivity contribution is 5.67. The van der Waals surface area contributed by atoms with Crippen molar-refractivity contribution in [1.29, 1.82) is 0 Å². The summed E-state index contributed by atoms with van der Waals surface area (Å²) < 4.78 is 90.7. The van der Waals surface area contributed by atoms with Crippen LogP contribution in [0.5, 0.6) is 0 Å². The highest BCUT2D eigenvalue weighted by Gasteiger charge is 2.21. The van der Waals surface area contributed by atoms with Crippen LogP contribution in [-0.2, 0) is 55.1 Å². The number of hydrogen-bond acceptors (Lipinski definition) is 0. The molecule has 6 aromatic carbocycles. The first-order valence-corrected chi connectivity index (χ1v) is 34.0. The van der Waals surface area contributed by atoms with Crippen molar-refractivity contribution in [3.8, 4) is 67.5 Å². The first-order chi connectivity index (χ1) is 50.7. The highest BCUT2D eigenvalue weighted by Crippen LogP contribution is 2.30. The molecule has 0 aliphatic heterocycles. The Bertz CT molecular complexity index is 5030. The Kier molecular flexibility index (Phi) is 23.0. The number of aromatic nitrogens is 6. The van der Waals surface area contributed by atoms with Gasteiger partial charge in [-0.05, 0) is 196 Å². The molecule has 12 rings (SSSR count). The molecule has 6 aromatic heterocycles. The van der Waals surface area contributed by atoms with Gasteiger partial charge in [-0.3, -0.25) is 0 Å². The molecule has 0 aliphatic rings. The van der Waals surface area contributed by atoms with Crippen LogP contribution >= 0.6 is 0 Å². The zero-order valence-corrected chi connectivity index (χ0v) is 61.7. The lowest BCUT2D eigenvalue weighted by Crippen LogP contribution is -2.32. The molecule has 12 aromatic rings. The molecule has 0 N–H and O–H groups in total. The van der Waals surface area contributed by atoms with E-state index < -0.39 is 31.9 Å². The van der Waals surface area contributed by atoms with Gasteiger partial charge in [0.2, 0.25) is 34.2 Å². The van der Waals surface area contributed by atoms with Crippen molar-refractivity contribution in [3.05, 3.63) is 322 Å². The fourth-order valence-corrected chi connectivity index (χ4v) is 12.1. The molecule has 0 spiro atoms. The van der Waals surface area contributed by atoms with Gasteiger partial charge in [0.1, 0.15) is 42.3 Å². The van der Waals surface area contributed by atoms with Crippen molar-refractivity contribution in [1.82, 2.24) is 0 Å². The van der Waals surface area contributed by atoms with Crippen molar-refractivity contribution >= 4 is 0 Å². The van der Waals surface area contributed by atoms with Crippen LogP contribution in [0, 0.1) is 48.5 Å². The number of pyridine rings is 6. The monoisotopic (exact) mass is 1310 g/mol. The summed E-state index contributed by atoms with van der Waals surface area (Å²) in [5, 5.41) is 0. The van der Waals surface area contributed by atoms with Crippen molar-refractivity contribution in [2.75, 3.05) is 0 Å². The minimum atomic E-state index is -2.39. The second-order valence-corrected chi connectivity index (χ2v) is 25.8. The number of nitrogens with zero attached hydrogens (tertiary/aromatic N) is 6. The topological polar surface area (TPSA) is 23.3 Å². The molecular formula is C92H112N6+6. The Morgan fingerprint density at radius 2 is 0.755 bits per heavy atom. The van der Waals surface area contributed by atoms with E-state index in [0.717, 1.165) is 62.4 Å². The van der Waals surface area contributed by atoms with Gasteiger partial charge in [0.15, 0.2) is 37.2 Å². The quantitative estimate of drug-likeness (QED) is 0.115. The van der Waals surface area contributed by atoms with Crippen LogP contribution in [0.4, 0.5) is 0 Å². The van der Waals surface area contributed by atoms with E-state index >= 15 is 0 Å². The molecule has 0 aliphatic carbocycles. The van der Waals surface area contributed by atoms with Gasteiger partial charge in [0.25, 0.3) is 0 Å². The SMILES string of the molecule is CCc1ccc(-c2cccc[n+]2C)c(C)c1.Cc1cc(C(C)C)ccc1-c1cccc[n+]1C.Cc1ccc(-c2cccc[n+]2C)c(C)c1.[2H]C([2H])(C)c1ccc[n+](C)c1-c1ccccc1C.[2H]C([2H])([2H])C([2H])(C)c1cc[n+](C)c(-c2ccccc2C)c1.[2H]C([2H])([2H])C([2H])(C)c1ccc[n+](C)c1-c1ccccc1C. The minimum Gasteiger partial charge on any atom is -0.201 e. The van der Waals surface area contributed by atoms with E-state index in [9.17, 15) is 0 Å². The van der Waals surface area contributed by atoms with Gasteiger partial charge in [0.05, 0.1) is 0 Å². The van der Waals surface area contributed by atoms with E-state index in [1.807, 2.05) is 158 Å². The maximum atomic E-state index is 8.40. The Hall–Kier alpha value is -9.78. The van der Waals surface area contributed by atoms with Crippen molar-refractivity contribution < 1.29 is 41.1 Å². The van der Waals surface area contributed by atoms with E-state index in [-0.39, 0.29) is 0 Å². The first-order valence-electron chi connectivity index (χ1n) is 39.0. The Morgan fingerprint density at radius 1 is 0.337 bits per heavy atom. The normalized spacial score (nSPS) is 13.8. The molecule has 98 heavy (non-hydrogen) atoms. The number of aryl methyl sites for hydroxylation is 15. The van der Waals surface area contributed by atoms with Crippen LogP contribution in [-0.4, -0.2) is 0 Å². The van der Waals surface area contributed by atoms with Crippen LogP contribution in [0.2, 0.25) is 0 Å². The lowest BCUT2D eigenvalue weighted by molar-refractivity contribution is -0.660. The summed E-state index contributed by atoms with van der Waals surface area (Å²) in [6.45, 7) is 21.1. The fraction of sp³-hybridized carbons (Fsp3) is 0.283. The smallest absolute Gasteiger partial charge is 0.201 e. The molecule has 0 saturated carbocycles. The molecule has 504 valence electrons. The molecule has 6 nitrogen and oxygen atoms in total. The van der Waals surface area contributed by atoms with Gasteiger partial charge in [-0.15, -0.1) is 0 Å². The maximum Gasteiger partial charge on any atom is 0.215 e. The standard InChI is InChI=1S/3C16H20N.2C15H18N.C14H16N/c1-12(2)14-10-7-11-17(4)16(14)15-9-6-5-8-13(15)3;1-12(2)14-8-9-15(13(3)11-14)16-7-5-6-10-17(16)4;1-12(2)14-9-10-17(4)16(11-14)15-8-6-5-7-13(15)3;1-4-13-9-7-11-16(3)15(13)14-10-6-5-8-12(14)2;1-4-13-8-9-14(12(2)11-13)15-7-5-6-10-16(15)3;1-11-7-8-13(12(2)10-11)14-6-4-5-9-15(14)3/h3*5-12H,1-4H3;2*5-11H,4H2,1-3H3;4-10H,1-3H3/q6*+1/i1D3,12D;;1D3,12D;4D2;;.